The van der Waals surface area contributed by atoms with Gasteiger partial charge in [0.1, 0.15) is 25.6 Å². The average molecular weight is 348 g/mol. The predicted molar refractivity (Wildman–Crippen MR) is 91.4 cm³/mol. The van der Waals surface area contributed by atoms with Crippen LogP contribution in [0.5, 0.6) is 17.2 Å². The van der Waals surface area contributed by atoms with E-state index in [0.29, 0.717) is 54.2 Å². The molecule has 1 N–H and O–H groups in total. The van der Waals surface area contributed by atoms with Gasteiger partial charge in [-0.05, 0) is 42.8 Å². The van der Waals surface area contributed by atoms with Crippen LogP contribution in [-0.2, 0) is 0 Å². The molecule has 2 aromatic carbocycles. The fourth-order valence-electron chi connectivity index (χ4n) is 2.28. The highest BCUT2D eigenvalue weighted by Gasteiger charge is 2.14. The molecule has 1 heterocycles. The van der Waals surface area contributed by atoms with E-state index in [9.17, 15) is 4.79 Å². The molecule has 0 aromatic heterocycles. The fourth-order valence-corrected chi connectivity index (χ4v) is 2.45. The van der Waals surface area contributed by atoms with E-state index < -0.39 is 0 Å². The lowest BCUT2D eigenvalue weighted by Gasteiger charge is -2.18. The lowest BCUT2D eigenvalue weighted by molar-refractivity contribution is 0.0945. The summed E-state index contributed by atoms with van der Waals surface area (Å²) in [5.74, 6) is 1.76. The van der Waals surface area contributed by atoms with Crippen molar-refractivity contribution in [1.29, 1.82) is 0 Å². The van der Waals surface area contributed by atoms with Gasteiger partial charge in [0.2, 0.25) is 0 Å². The Labute approximate surface area is 145 Å². The quantitative estimate of drug-likeness (QED) is 0.844. The summed E-state index contributed by atoms with van der Waals surface area (Å²) in [7, 11) is 0. The summed E-state index contributed by atoms with van der Waals surface area (Å²) >= 11 is 6.04. The number of nitrogens with one attached hydrogen (secondary N) is 1. The zero-order valence-corrected chi connectivity index (χ0v) is 14.1. The molecular weight excluding hydrogens is 330 g/mol. The molecule has 0 fully saturated rings. The highest BCUT2D eigenvalue weighted by molar-refractivity contribution is 6.31. The first-order valence-corrected chi connectivity index (χ1v) is 8.08. The summed E-state index contributed by atoms with van der Waals surface area (Å²) in [5.41, 5.74) is 1.52. The average Bonchev–Trinajstić information content (AvgIpc) is 2.61. The molecule has 2 aromatic rings. The molecule has 126 valence electrons. The molecule has 24 heavy (non-hydrogen) atoms. The standard InChI is InChI=1S/C18H18ClNO4/c1-12-2-4-14(11-15(12)19)22-7-6-20-18(21)13-3-5-16-17(10-13)24-9-8-23-16/h2-5,10-11H,6-9H2,1H3,(H,20,21). The van der Waals surface area contributed by atoms with Crippen molar-refractivity contribution in [3.63, 3.8) is 0 Å². The molecule has 0 bridgehead atoms. The normalized spacial score (nSPS) is 12.6. The summed E-state index contributed by atoms with van der Waals surface area (Å²) in [4.78, 5) is 12.2. The minimum Gasteiger partial charge on any atom is -0.492 e. The number of amides is 1. The molecule has 3 rings (SSSR count). The summed E-state index contributed by atoms with van der Waals surface area (Å²) in [6, 6.07) is 10.6. The number of ether oxygens (including phenoxy) is 3. The zero-order chi connectivity index (χ0) is 16.9. The van der Waals surface area contributed by atoms with E-state index >= 15 is 0 Å². The molecule has 6 heteroatoms. The highest BCUT2D eigenvalue weighted by atomic mass is 35.5. The molecule has 0 saturated heterocycles. The van der Waals surface area contributed by atoms with Crippen LogP contribution in [0.2, 0.25) is 5.02 Å². The van der Waals surface area contributed by atoms with Crippen LogP contribution in [0.25, 0.3) is 0 Å². The van der Waals surface area contributed by atoms with Gasteiger partial charge in [-0.3, -0.25) is 4.79 Å². The minimum absolute atomic E-state index is 0.183. The molecule has 0 radical (unpaired) electrons. The Kier molecular flexibility index (Phi) is 5.11. The van der Waals surface area contributed by atoms with E-state index in [1.807, 2.05) is 19.1 Å². The van der Waals surface area contributed by atoms with Gasteiger partial charge in [-0.25, -0.2) is 0 Å². The van der Waals surface area contributed by atoms with Crippen molar-refractivity contribution in [3.05, 3.63) is 52.5 Å². The van der Waals surface area contributed by atoms with Gasteiger partial charge < -0.3 is 19.5 Å². The Balaban J connectivity index is 1.49. The molecule has 0 unspecified atom stereocenters. The van der Waals surface area contributed by atoms with Crippen molar-refractivity contribution in [2.24, 2.45) is 0 Å². The first-order valence-electron chi connectivity index (χ1n) is 7.70. The molecule has 1 amide bonds. The van der Waals surface area contributed by atoms with Crippen LogP contribution in [0.4, 0.5) is 0 Å². The second kappa shape index (κ2) is 7.45. The maximum absolute atomic E-state index is 12.2. The number of aryl methyl sites for hydroxylation is 1. The second-order valence-electron chi connectivity index (χ2n) is 5.37. The Hall–Kier alpha value is -2.40. The third-order valence-electron chi connectivity index (χ3n) is 3.60. The van der Waals surface area contributed by atoms with Crippen LogP contribution in [0.1, 0.15) is 15.9 Å². The van der Waals surface area contributed by atoms with Crippen molar-refractivity contribution >= 4 is 17.5 Å². The lowest BCUT2D eigenvalue weighted by atomic mass is 10.2. The van der Waals surface area contributed by atoms with Crippen LogP contribution < -0.4 is 19.5 Å². The Bertz CT molecular complexity index is 748. The maximum atomic E-state index is 12.2. The summed E-state index contributed by atoms with van der Waals surface area (Å²) < 4.78 is 16.5. The summed E-state index contributed by atoms with van der Waals surface area (Å²) in [5, 5.41) is 3.47. The van der Waals surface area contributed by atoms with E-state index in [1.165, 1.54) is 0 Å². The molecule has 5 nitrogen and oxygen atoms in total. The van der Waals surface area contributed by atoms with E-state index in [4.69, 9.17) is 25.8 Å². The van der Waals surface area contributed by atoms with Crippen LogP contribution in [0, 0.1) is 6.92 Å². The third kappa shape index (κ3) is 3.92. The van der Waals surface area contributed by atoms with Gasteiger partial charge in [0.05, 0.1) is 6.54 Å². The minimum atomic E-state index is -0.183. The maximum Gasteiger partial charge on any atom is 0.251 e. The molecule has 0 saturated carbocycles. The van der Waals surface area contributed by atoms with Crippen LogP contribution in [-0.4, -0.2) is 32.3 Å². The van der Waals surface area contributed by atoms with Crippen LogP contribution in [0.15, 0.2) is 36.4 Å². The fraction of sp³-hybridized carbons (Fsp3) is 0.278. The second-order valence-corrected chi connectivity index (χ2v) is 5.78. The first kappa shape index (κ1) is 16.5. The van der Waals surface area contributed by atoms with E-state index in [-0.39, 0.29) is 5.91 Å². The van der Waals surface area contributed by atoms with Gasteiger partial charge in [-0.15, -0.1) is 0 Å². The number of fused-ring (bicyclic) bond motifs is 1. The molecule has 0 spiro atoms. The number of carbonyl (C=O) groups is 1. The molecule has 1 aliphatic heterocycles. The van der Waals surface area contributed by atoms with Crippen molar-refractivity contribution in [2.75, 3.05) is 26.4 Å². The SMILES string of the molecule is Cc1ccc(OCCNC(=O)c2ccc3c(c2)OCCO3)cc1Cl. The van der Waals surface area contributed by atoms with Crippen molar-refractivity contribution in [3.8, 4) is 17.2 Å². The Morgan fingerprint density at radius 2 is 1.96 bits per heavy atom. The number of halogens is 1. The number of carbonyl (C=O) groups excluding carboxylic acids is 1. The predicted octanol–water partition coefficient (Wildman–Crippen LogP) is 3.23. The molecular formula is C18H18ClNO4. The smallest absolute Gasteiger partial charge is 0.251 e. The Morgan fingerprint density at radius 1 is 1.17 bits per heavy atom. The van der Waals surface area contributed by atoms with Crippen LogP contribution in [0.3, 0.4) is 0 Å². The van der Waals surface area contributed by atoms with Gasteiger partial charge in [0.25, 0.3) is 5.91 Å². The summed E-state index contributed by atoms with van der Waals surface area (Å²) in [6.45, 7) is 3.69. The first-order chi connectivity index (χ1) is 11.6. The number of benzene rings is 2. The lowest BCUT2D eigenvalue weighted by Crippen LogP contribution is -2.28. The third-order valence-corrected chi connectivity index (χ3v) is 4.01. The van der Waals surface area contributed by atoms with Gasteiger partial charge in [-0.1, -0.05) is 17.7 Å². The number of hydrogen-bond acceptors (Lipinski definition) is 4. The van der Waals surface area contributed by atoms with E-state index in [2.05, 4.69) is 5.32 Å². The number of hydrogen-bond donors (Lipinski definition) is 1. The Morgan fingerprint density at radius 3 is 2.75 bits per heavy atom. The monoisotopic (exact) mass is 347 g/mol. The van der Waals surface area contributed by atoms with Crippen LogP contribution >= 0.6 is 11.6 Å². The van der Waals surface area contributed by atoms with Gasteiger partial charge in [0, 0.05) is 10.6 Å². The summed E-state index contributed by atoms with van der Waals surface area (Å²) in [6.07, 6.45) is 0. The molecule has 1 aliphatic rings. The van der Waals surface area contributed by atoms with E-state index in [0.717, 1.165) is 5.56 Å². The number of rotatable bonds is 5. The van der Waals surface area contributed by atoms with Gasteiger partial charge >= 0.3 is 0 Å². The highest BCUT2D eigenvalue weighted by Crippen LogP contribution is 2.30. The molecule has 0 atom stereocenters. The van der Waals surface area contributed by atoms with Crippen molar-refractivity contribution < 1.29 is 19.0 Å². The zero-order valence-electron chi connectivity index (χ0n) is 13.3. The van der Waals surface area contributed by atoms with Crippen molar-refractivity contribution in [2.45, 2.75) is 6.92 Å². The topological polar surface area (TPSA) is 56.8 Å². The van der Waals surface area contributed by atoms with Gasteiger partial charge in [-0.2, -0.15) is 0 Å². The molecule has 0 aliphatic carbocycles. The van der Waals surface area contributed by atoms with Gasteiger partial charge in [0.15, 0.2) is 11.5 Å². The van der Waals surface area contributed by atoms with E-state index in [1.54, 1.807) is 24.3 Å². The largest absolute Gasteiger partial charge is 0.492 e. The van der Waals surface area contributed by atoms with Crippen molar-refractivity contribution in [1.82, 2.24) is 5.32 Å².